The van der Waals surface area contributed by atoms with Gasteiger partial charge in [-0.15, -0.1) is 0 Å². The first-order valence-electron chi connectivity index (χ1n) is 11.2. The van der Waals surface area contributed by atoms with Gasteiger partial charge in [-0.25, -0.2) is 4.39 Å². The number of amides is 2. The van der Waals surface area contributed by atoms with Gasteiger partial charge >= 0.3 is 0 Å². The fourth-order valence-electron chi connectivity index (χ4n) is 3.70. The summed E-state index contributed by atoms with van der Waals surface area (Å²) in [6.45, 7) is 7.49. The van der Waals surface area contributed by atoms with E-state index in [4.69, 9.17) is 0 Å². The topological polar surface area (TPSA) is 52.7 Å². The lowest BCUT2D eigenvalue weighted by Gasteiger charge is -2.29. The Kier molecular flexibility index (Phi) is 7.22. The third-order valence-electron chi connectivity index (χ3n) is 5.48. The number of halogens is 1. The fraction of sp³-hybridized carbons (Fsp3) is 0.462. The lowest BCUT2D eigenvalue weighted by Crippen LogP contribution is -2.35. The maximum atomic E-state index is 13.5. The number of nitrogens with one attached hydrogen (secondary N) is 1. The predicted octanol–water partition coefficient (Wildman–Crippen LogP) is 5.32. The molecule has 2 amide bonds. The Bertz CT molecular complexity index is 977. The minimum Gasteiger partial charge on any atom is -0.377 e. The van der Waals surface area contributed by atoms with Gasteiger partial charge in [0.2, 0.25) is 5.91 Å². The highest BCUT2D eigenvalue weighted by atomic mass is 19.1. The molecule has 5 nitrogen and oxygen atoms in total. The van der Waals surface area contributed by atoms with Crippen LogP contribution in [0, 0.1) is 17.2 Å². The van der Waals surface area contributed by atoms with Crippen molar-refractivity contribution in [3.8, 4) is 0 Å². The molecule has 0 aliphatic heterocycles. The van der Waals surface area contributed by atoms with E-state index in [2.05, 4.69) is 26.1 Å². The van der Waals surface area contributed by atoms with Gasteiger partial charge in [-0.3, -0.25) is 9.59 Å². The molecule has 0 heterocycles. The number of carbonyl (C=O) groups excluding carboxylic acids is 2. The molecule has 0 bridgehead atoms. The zero-order valence-electron chi connectivity index (χ0n) is 19.7. The Morgan fingerprint density at radius 3 is 2.41 bits per heavy atom. The van der Waals surface area contributed by atoms with E-state index in [-0.39, 0.29) is 22.8 Å². The molecule has 3 rings (SSSR count). The third kappa shape index (κ3) is 6.81. The summed E-state index contributed by atoms with van der Waals surface area (Å²) in [5.41, 5.74) is 2.77. The zero-order valence-corrected chi connectivity index (χ0v) is 19.7. The highest BCUT2D eigenvalue weighted by Crippen LogP contribution is 2.33. The van der Waals surface area contributed by atoms with Crippen LogP contribution in [-0.2, 0) is 11.3 Å². The highest BCUT2D eigenvalue weighted by molar-refractivity contribution is 6.04. The first-order chi connectivity index (χ1) is 15.0. The van der Waals surface area contributed by atoms with Gasteiger partial charge in [0, 0.05) is 50.5 Å². The molecule has 0 atom stereocenters. The molecule has 1 aliphatic carbocycles. The average molecular weight is 440 g/mol. The van der Waals surface area contributed by atoms with Crippen molar-refractivity contribution in [2.45, 2.75) is 46.6 Å². The summed E-state index contributed by atoms with van der Waals surface area (Å²) >= 11 is 0. The normalized spacial score (nSPS) is 13.6. The van der Waals surface area contributed by atoms with Gasteiger partial charge in [0.05, 0.1) is 0 Å². The van der Waals surface area contributed by atoms with E-state index in [1.54, 1.807) is 6.07 Å². The molecule has 1 fully saturated rings. The molecule has 0 radical (unpaired) electrons. The smallest absolute Gasteiger partial charge is 0.255 e. The number of nitrogens with zero attached hydrogens (tertiary/aromatic N) is 2. The van der Waals surface area contributed by atoms with Crippen LogP contribution in [0.15, 0.2) is 42.5 Å². The van der Waals surface area contributed by atoms with Crippen molar-refractivity contribution in [2.24, 2.45) is 11.3 Å². The number of anilines is 2. The van der Waals surface area contributed by atoms with Crippen LogP contribution in [0.3, 0.4) is 0 Å². The molecule has 0 saturated heterocycles. The number of hydrogen-bond donors (Lipinski definition) is 1. The van der Waals surface area contributed by atoms with Crippen molar-refractivity contribution in [3.05, 3.63) is 59.4 Å². The molecule has 2 aromatic carbocycles. The summed E-state index contributed by atoms with van der Waals surface area (Å²) < 4.78 is 13.5. The molecule has 172 valence electrons. The van der Waals surface area contributed by atoms with Crippen molar-refractivity contribution in [3.63, 3.8) is 0 Å². The van der Waals surface area contributed by atoms with Crippen LogP contribution in [0.2, 0.25) is 0 Å². The van der Waals surface area contributed by atoms with E-state index in [0.717, 1.165) is 17.8 Å². The molecule has 0 unspecified atom stereocenters. The Morgan fingerprint density at radius 2 is 1.81 bits per heavy atom. The van der Waals surface area contributed by atoms with Gasteiger partial charge in [-0.2, -0.15) is 0 Å². The summed E-state index contributed by atoms with van der Waals surface area (Å²) in [5.74, 6) is -0.0815. The number of benzene rings is 2. The van der Waals surface area contributed by atoms with Gasteiger partial charge in [0.25, 0.3) is 5.91 Å². The van der Waals surface area contributed by atoms with Crippen molar-refractivity contribution in [1.82, 2.24) is 4.90 Å². The van der Waals surface area contributed by atoms with Gasteiger partial charge in [-0.1, -0.05) is 26.8 Å². The molecule has 32 heavy (non-hydrogen) atoms. The van der Waals surface area contributed by atoms with Crippen LogP contribution in [-0.4, -0.2) is 37.4 Å². The van der Waals surface area contributed by atoms with Gasteiger partial charge in [-0.05, 0) is 66.1 Å². The van der Waals surface area contributed by atoms with Crippen LogP contribution >= 0.6 is 0 Å². The quantitative estimate of drug-likeness (QED) is 0.606. The summed E-state index contributed by atoms with van der Waals surface area (Å²) in [5, 5.41) is 2.86. The van der Waals surface area contributed by atoms with Crippen molar-refractivity contribution < 1.29 is 14.0 Å². The zero-order chi connectivity index (χ0) is 23.5. The van der Waals surface area contributed by atoms with E-state index in [1.165, 1.54) is 31.0 Å². The fourth-order valence-corrected chi connectivity index (χ4v) is 3.70. The SMILES string of the molecule is CN(C)c1ccc(NC(=O)c2cccc(F)c2)cc1CN(CC1CC1)C(=O)CC(C)(C)C. The third-order valence-corrected chi connectivity index (χ3v) is 5.48. The second-order valence-corrected chi connectivity index (χ2v) is 10.2. The average Bonchev–Trinajstić information content (AvgIpc) is 3.50. The standard InChI is InChI=1S/C26H34FN3O2/c1-26(2,3)15-24(31)30(16-18-9-10-18)17-20-14-22(11-12-23(20)29(4)5)28-25(32)19-7-6-8-21(27)13-19/h6-8,11-14,18H,9-10,15-17H2,1-5H3,(H,28,32). The minimum absolute atomic E-state index is 0.0793. The molecule has 1 saturated carbocycles. The van der Waals surface area contributed by atoms with Gasteiger partial charge < -0.3 is 15.1 Å². The van der Waals surface area contributed by atoms with Crippen LogP contribution in [0.1, 0.15) is 56.0 Å². The maximum absolute atomic E-state index is 13.5. The van der Waals surface area contributed by atoms with Crippen LogP contribution in [0.25, 0.3) is 0 Å². The van der Waals surface area contributed by atoms with E-state index < -0.39 is 5.82 Å². The Morgan fingerprint density at radius 1 is 1.09 bits per heavy atom. The van der Waals surface area contributed by atoms with E-state index >= 15 is 0 Å². The van der Waals surface area contributed by atoms with E-state index in [0.29, 0.717) is 24.6 Å². The molecule has 0 spiro atoms. The Balaban J connectivity index is 1.84. The van der Waals surface area contributed by atoms with Gasteiger partial charge in [0.15, 0.2) is 0 Å². The second kappa shape index (κ2) is 9.72. The van der Waals surface area contributed by atoms with E-state index in [9.17, 15) is 14.0 Å². The highest BCUT2D eigenvalue weighted by Gasteiger charge is 2.29. The summed E-state index contributed by atoms with van der Waals surface area (Å²) in [7, 11) is 3.93. The van der Waals surface area contributed by atoms with Crippen LogP contribution in [0.4, 0.5) is 15.8 Å². The number of rotatable bonds is 8. The number of carbonyl (C=O) groups is 2. The molecular formula is C26H34FN3O2. The summed E-state index contributed by atoms with van der Waals surface area (Å²) in [6, 6.07) is 11.3. The first-order valence-corrected chi connectivity index (χ1v) is 11.2. The summed E-state index contributed by atoms with van der Waals surface area (Å²) in [4.78, 5) is 29.7. The monoisotopic (exact) mass is 439 g/mol. The van der Waals surface area contributed by atoms with Crippen molar-refractivity contribution >= 4 is 23.2 Å². The lowest BCUT2D eigenvalue weighted by atomic mass is 9.91. The van der Waals surface area contributed by atoms with Crippen LogP contribution in [0.5, 0.6) is 0 Å². The molecular weight excluding hydrogens is 405 g/mol. The molecule has 0 aromatic heterocycles. The Labute approximate surface area is 190 Å². The summed E-state index contributed by atoms with van der Waals surface area (Å²) in [6.07, 6.45) is 2.83. The minimum atomic E-state index is -0.450. The van der Waals surface area contributed by atoms with Crippen LogP contribution < -0.4 is 10.2 Å². The van der Waals surface area contributed by atoms with Gasteiger partial charge in [0.1, 0.15) is 5.82 Å². The molecule has 1 N–H and O–H groups in total. The predicted molar refractivity (Wildman–Crippen MR) is 127 cm³/mol. The molecule has 6 heteroatoms. The maximum Gasteiger partial charge on any atom is 0.255 e. The molecule has 1 aliphatic rings. The van der Waals surface area contributed by atoms with Crippen molar-refractivity contribution in [1.29, 1.82) is 0 Å². The second-order valence-electron chi connectivity index (χ2n) is 10.2. The number of hydrogen-bond acceptors (Lipinski definition) is 3. The Hall–Kier alpha value is -2.89. The largest absolute Gasteiger partial charge is 0.377 e. The molecule has 2 aromatic rings. The first kappa shape index (κ1) is 23.8. The van der Waals surface area contributed by atoms with E-state index in [1.807, 2.05) is 42.1 Å². The van der Waals surface area contributed by atoms with Crippen molar-refractivity contribution in [2.75, 3.05) is 30.9 Å². The lowest BCUT2D eigenvalue weighted by molar-refractivity contribution is -0.134.